The third kappa shape index (κ3) is 4.60. The smallest absolute Gasteiger partial charge is 0.318 e. The third-order valence-electron chi connectivity index (χ3n) is 2.45. The monoisotopic (exact) mass is 280 g/mol. The van der Waals surface area contributed by atoms with Crippen molar-refractivity contribution in [2.45, 2.75) is 19.4 Å². The quantitative estimate of drug-likeness (QED) is 0.757. The molecule has 0 bridgehead atoms. The molecule has 0 saturated carbocycles. The Balaban J connectivity index is 2.59. The van der Waals surface area contributed by atoms with Gasteiger partial charge in [-0.1, -0.05) is 18.2 Å². The number of rotatable bonds is 5. The van der Waals surface area contributed by atoms with Crippen molar-refractivity contribution in [2.75, 3.05) is 7.11 Å². The van der Waals surface area contributed by atoms with Crippen LogP contribution in [0.1, 0.15) is 12.5 Å². The van der Waals surface area contributed by atoms with Crippen LogP contribution in [0.15, 0.2) is 24.3 Å². The zero-order valence-corrected chi connectivity index (χ0v) is 11.2. The Morgan fingerprint density at radius 3 is 2.55 bits per heavy atom. The third-order valence-corrected chi connectivity index (χ3v) is 2.45. The Labute approximate surface area is 116 Å². The number of carbonyl (C=O) groups excluding carboxylic acids is 3. The minimum atomic E-state index is -1.11. The molecular weight excluding hydrogens is 264 g/mol. The zero-order chi connectivity index (χ0) is 15.1. The number of hydrogen-bond donors (Lipinski definition) is 2. The molecule has 108 valence electrons. The van der Waals surface area contributed by atoms with Crippen molar-refractivity contribution in [3.8, 4) is 5.75 Å². The summed E-state index contributed by atoms with van der Waals surface area (Å²) in [6.45, 7) is 1.35. The highest BCUT2D eigenvalue weighted by Crippen LogP contribution is 2.18. The van der Waals surface area contributed by atoms with E-state index >= 15 is 0 Å². The number of methoxy groups -OCH3 is 1. The molecule has 1 rings (SSSR count). The summed E-state index contributed by atoms with van der Waals surface area (Å²) in [6, 6.07) is 5.97. The first kappa shape index (κ1) is 15.5. The summed E-state index contributed by atoms with van der Waals surface area (Å²) in [5.74, 6) is -0.828. The molecule has 0 fully saturated rings. The van der Waals surface area contributed by atoms with Crippen molar-refractivity contribution in [2.24, 2.45) is 5.73 Å². The highest BCUT2D eigenvalue weighted by molar-refractivity contribution is 5.96. The van der Waals surface area contributed by atoms with Gasteiger partial charge in [0.15, 0.2) is 6.10 Å². The lowest BCUT2D eigenvalue weighted by molar-refractivity contribution is -0.153. The summed E-state index contributed by atoms with van der Waals surface area (Å²) >= 11 is 0. The number of urea groups is 1. The van der Waals surface area contributed by atoms with Crippen LogP contribution in [0.2, 0.25) is 0 Å². The van der Waals surface area contributed by atoms with Crippen molar-refractivity contribution in [3.05, 3.63) is 29.8 Å². The van der Waals surface area contributed by atoms with Gasteiger partial charge in [-0.05, 0) is 13.0 Å². The molecule has 0 radical (unpaired) electrons. The van der Waals surface area contributed by atoms with Crippen LogP contribution in [-0.4, -0.2) is 31.1 Å². The molecule has 0 heterocycles. The molecule has 0 aliphatic carbocycles. The number of hydrogen-bond acceptors (Lipinski definition) is 5. The van der Waals surface area contributed by atoms with Crippen molar-refractivity contribution in [1.29, 1.82) is 0 Å². The Morgan fingerprint density at radius 1 is 1.30 bits per heavy atom. The van der Waals surface area contributed by atoms with E-state index in [0.29, 0.717) is 11.3 Å². The number of ether oxygens (including phenoxy) is 2. The minimum absolute atomic E-state index is 0.0434. The van der Waals surface area contributed by atoms with Crippen LogP contribution in [0.5, 0.6) is 5.75 Å². The van der Waals surface area contributed by atoms with Crippen LogP contribution in [0.25, 0.3) is 0 Å². The van der Waals surface area contributed by atoms with Crippen LogP contribution in [0.3, 0.4) is 0 Å². The first-order valence-electron chi connectivity index (χ1n) is 5.85. The van der Waals surface area contributed by atoms with E-state index in [9.17, 15) is 14.4 Å². The summed E-state index contributed by atoms with van der Waals surface area (Å²) in [7, 11) is 1.49. The number of imide groups is 1. The highest BCUT2D eigenvalue weighted by atomic mass is 16.5. The predicted molar refractivity (Wildman–Crippen MR) is 70.0 cm³/mol. The molecule has 0 saturated heterocycles. The number of esters is 1. The van der Waals surface area contributed by atoms with E-state index in [0.717, 1.165) is 0 Å². The molecule has 0 spiro atoms. The molecule has 1 unspecified atom stereocenters. The molecular formula is C13H16N2O5. The maximum Gasteiger partial charge on any atom is 0.318 e. The number of carbonyl (C=O) groups is 3. The van der Waals surface area contributed by atoms with Gasteiger partial charge in [0.05, 0.1) is 13.5 Å². The molecule has 3 amide bonds. The van der Waals surface area contributed by atoms with Gasteiger partial charge in [0.2, 0.25) is 0 Å². The van der Waals surface area contributed by atoms with Gasteiger partial charge in [0.25, 0.3) is 5.91 Å². The minimum Gasteiger partial charge on any atom is -0.496 e. The Hall–Kier alpha value is -2.57. The first-order valence-corrected chi connectivity index (χ1v) is 5.85. The molecule has 1 atom stereocenters. The second kappa shape index (κ2) is 7.13. The second-order valence-corrected chi connectivity index (χ2v) is 3.97. The van der Waals surface area contributed by atoms with Crippen LogP contribution in [-0.2, 0) is 20.7 Å². The number of nitrogens with two attached hydrogens (primary N) is 1. The normalized spacial score (nSPS) is 11.3. The molecule has 0 aromatic heterocycles. The number of nitrogens with one attached hydrogen (secondary N) is 1. The molecule has 1 aromatic rings. The van der Waals surface area contributed by atoms with E-state index in [1.54, 1.807) is 24.3 Å². The van der Waals surface area contributed by atoms with E-state index in [-0.39, 0.29) is 6.42 Å². The fourth-order valence-corrected chi connectivity index (χ4v) is 1.52. The molecule has 7 nitrogen and oxygen atoms in total. The van der Waals surface area contributed by atoms with E-state index in [1.807, 2.05) is 5.32 Å². The van der Waals surface area contributed by atoms with Crippen molar-refractivity contribution in [1.82, 2.24) is 5.32 Å². The number of amides is 3. The predicted octanol–water partition coefficient (Wildman–Crippen LogP) is 0.364. The topological polar surface area (TPSA) is 108 Å². The number of para-hydroxylation sites is 1. The molecule has 0 aliphatic heterocycles. The van der Waals surface area contributed by atoms with Gasteiger partial charge in [-0.15, -0.1) is 0 Å². The zero-order valence-electron chi connectivity index (χ0n) is 11.2. The summed E-state index contributed by atoms with van der Waals surface area (Å²) in [5.41, 5.74) is 5.44. The lowest BCUT2D eigenvalue weighted by atomic mass is 10.1. The second-order valence-electron chi connectivity index (χ2n) is 3.97. The van der Waals surface area contributed by atoms with E-state index < -0.39 is 24.0 Å². The van der Waals surface area contributed by atoms with Gasteiger partial charge < -0.3 is 15.2 Å². The fraction of sp³-hybridized carbons (Fsp3) is 0.308. The van der Waals surface area contributed by atoms with E-state index in [4.69, 9.17) is 15.2 Å². The molecule has 3 N–H and O–H groups in total. The van der Waals surface area contributed by atoms with E-state index in [1.165, 1.54) is 14.0 Å². The fourth-order valence-electron chi connectivity index (χ4n) is 1.52. The SMILES string of the molecule is COc1ccccc1CC(=O)OC(C)C(=O)NC(N)=O. The van der Waals surface area contributed by atoms with Crippen LogP contribution in [0, 0.1) is 0 Å². The Kier molecular flexibility index (Phi) is 5.52. The van der Waals surface area contributed by atoms with Gasteiger partial charge in [-0.25, -0.2) is 4.79 Å². The van der Waals surface area contributed by atoms with Gasteiger partial charge >= 0.3 is 12.0 Å². The average Bonchev–Trinajstić information content (AvgIpc) is 2.38. The maximum atomic E-state index is 11.7. The molecule has 0 aliphatic rings. The summed E-state index contributed by atoms with van der Waals surface area (Å²) in [6.07, 6.45) is -1.15. The van der Waals surface area contributed by atoms with Crippen LogP contribution in [0.4, 0.5) is 4.79 Å². The summed E-state index contributed by atoms with van der Waals surface area (Å²) in [5, 5.41) is 1.83. The Bertz CT molecular complexity index is 515. The van der Waals surface area contributed by atoms with Gasteiger partial charge in [-0.3, -0.25) is 14.9 Å². The van der Waals surface area contributed by atoms with Crippen molar-refractivity contribution < 1.29 is 23.9 Å². The van der Waals surface area contributed by atoms with Gasteiger partial charge in [-0.2, -0.15) is 0 Å². The molecule has 7 heteroatoms. The maximum absolute atomic E-state index is 11.7. The molecule has 20 heavy (non-hydrogen) atoms. The summed E-state index contributed by atoms with van der Waals surface area (Å²) < 4.78 is 10.0. The lowest BCUT2D eigenvalue weighted by Gasteiger charge is -2.13. The highest BCUT2D eigenvalue weighted by Gasteiger charge is 2.19. The summed E-state index contributed by atoms with van der Waals surface area (Å²) in [4.78, 5) is 33.6. The van der Waals surface area contributed by atoms with Crippen molar-refractivity contribution in [3.63, 3.8) is 0 Å². The average molecular weight is 280 g/mol. The largest absolute Gasteiger partial charge is 0.496 e. The lowest BCUT2D eigenvalue weighted by Crippen LogP contribution is -2.42. The number of primary amides is 1. The number of benzene rings is 1. The van der Waals surface area contributed by atoms with Crippen LogP contribution >= 0.6 is 0 Å². The van der Waals surface area contributed by atoms with Crippen molar-refractivity contribution >= 4 is 17.9 Å². The molecule has 1 aromatic carbocycles. The van der Waals surface area contributed by atoms with Crippen LogP contribution < -0.4 is 15.8 Å². The van der Waals surface area contributed by atoms with Gasteiger partial charge in [0, 0.05) is 5.56 Å². The van der Waals surface area contributed by atoms with E-state index in [2.05, 4.69) is 0 Å². The van der Waals surface area contributed by atoms with Gasteiger partial charge in [0.1, 0.15) is 5.75 Å². The first-order chi connectivity index (χ1) is 9.43. The Morgan fingerprint density at radius 2 is 1.95 bits per heavy atom. The standard InChI is InChI=1S/C13H16N2O5/c1-8(12(17)15-13(14)18)20-11(16)7-9-5-3-4-6-10(9)19-2/h3-6,8H,7H2,1-2H3,(H3,14,15,17,18).